The van der Waals surface area contributed by atoms with E-state index < -0.39 is 11.9 Å². The average Bonchev–Trinajstić information content (AvgIpc) is 3.63. The van der Waals surface area contributed by atoms with E-state index in [2.05, 4.69) is 25.5 Å². The number of aromatic amines is 1. The lowest BCUT2D eigenvalue weighted by Crippen LogP contribution is -2.53. The predicted octanol–water partition coefficient (Wildman–Crippen LogP) is 1.46. The van der Waals surface area contributed by atoms with E-state index >= 15 is 0 Å². The maximum absolute atomic E-state index is 14.2. The van der Waals surface area contributed by atoms with Crippen LogP contribution < -0.4 is 21.1 Å². The Hall–Kier alpha value is -2.78. The highest BCUT2D eigenvalue weighted by atomic mass is 19.1. The minimum atomic E-state index is -0.676. The van der Waals surface area contributed by atoms with Gasteiger partial charge in [-0.1, -0.05) is 0 Å². The van der Waals surface area contributed by atoms with E-state index in [-0.39, 0.29) is 23.4 Å². The molecule has 3 aliphatic rings. The van der Waals surface area contributed by atoms with Crippen molar-refractivity contribution in [2.24, 2.45) is 0 Å². The lowest BCUT2D eigenvalue weighted by Gasteiger charge is -2.40. The van der Waals surface area contributed by atoms with E-state index in [1.807, 2.05) is 6.07 Å². The second-order valence-electron chi connectivity index (χ2n) is 8.87. The highest BCUT2D eigenvalue weighted by molar-refractivity contribution is 5.92. The first kappa shape index (κ1) is 21.1. The van der Waals surface area contributed by atoms with Gasteiger partial charge in [0.25, 0.3) is 11.5 Å². The van der Waals surface area contributed by atoms with Crippen LogP contribution in [0.3, 0.4) is 0 Å². The molecule has 1 amide bonds. The minimum Gasteiger partial charge on any atom is -0.373 e. The van der Waals surface area contributed by atoms with E-state index in [1.165, 1.54) is 13.1 Å². The molecule has 2 atom stereocenters. The van der Waals surface area contributed by atoms with Gasteiger partial charge in [-0.05, 0) is 42.9 Å². The predicted molar refractivity (Wildman–Crippen MR) is 118 cm³/mol. The van der Waals surface area contributed by atoms with Crippen molar-refractivity contribution < 1.29 is 13.9 Å². The number of piperazine rings is 1. The topological polar surface area (TPSA) is 99.4 Å². The van der Waals surface area contributed by atoms with Gasteiger partial charge in [-0.3, -0.25) is 9.59 Å². The van der Waals surface area contributed by atoms with Crippen molar-refractivity contribution in [3.63, 3.8) is 0 Å². The van der Waals surface area contributed by atoms with Gasteiger partial charge in [0.05, 0.1) is 12.7 Å². The number of aromatic nitrogens is 2. The number of amides is 1. The highest BCUT2D eigenvalue weighted by Gasteiger charge is 2.32. The van der Waals surface area contributed by atoms with Crippen molar-refractivity contribution in [2.75, 3.05) is 31.6 Å². The summed E-state index contributed by atoms with van der Waals surface area (Å²) in [5.74, 6) is -0.687. The van der Waals surface area contributed by atoms with Crippen LogP contribution in [-0.2, 0) is 17.8 Å². The summed E-state index contributed by atoms with van der Waals surface area (Å²) in [6, 6.07) is 5.09. The van der Waals surface area contributed by atoms with Crippen molar-refractivity contribution in [3.8, 4) is 0 Å². The number of pyridine rings is 2. The van der Waals surface area contributed by atoms with E-state index in [4.69, 9.17) is 4.74 Å². The Morgan fingerprint density at radius 2 is 2.19 bits per heavy atom. The van der Waals surface area contributed by atoms with Crippen LogP contribution in [0.15, 0.2) is 23.0 Å². The molecule has 8 nitrogen and oxygen atoms in total. The summed E-state index contributed by atoms with van der Waals surface area (Å²) in [5.41, 5.74) is 3.66. The number of carbonyl (C=O) groups is 1. The Bertz CT molecular complexity index is 1080. The molecule has 2 aromatic heterocycles. The number of hydrogen-bond acceptors (Lipinski definition) is 6. The Morgan fingerprint density at radius 3 is 2.97 bits per heavy atom. The zero-order valence-corrected chi connectivity index (χ0v) is 18.1. The number of nitrogens with zero attached hydrogens (tertiary/aromatic N) is 2. The number of H-pyrrole nitrogens is 1. The number of fused-ring (bicyclic) bond motifs is 1. The summed E-state index contributed by atoms with van der Waals surface area (Å²) in [4.78, 5) is 33.4. The molecular weight excluding hydrogens is 413 g/mol. The van der Waals surface area contributed by atoms with Crippen molar-refractivity contribution in [1.82, 2.24) is 20.6 Å². The smallest absolute Gasteiger partial charge is 0.269 e. The first-order valence-electron chi connectivity index (χ1n) is 11.3. The fourth-order valence-electron chi connectivity index (χ4n) is 4.79. The molecule has 1 aliphatic carbocycles. The van der Waals surface area contributed by atoms with Crippen molar-refractivity contribution >= 4 is 11.6 Å². The molecule has 3 N–H and O–H groups in total. The first-order valence-corrected chi connectivity index (χ1v) is 11.3. The molecule has 2 fully saturated rings. The van der Waals surface area contributed by atoms with Gasteiger partial charge in [0.2, 0.25) is 5.95 Å². The molecule has 2 unspecified atom stereocenters. The molecule has 1 saturated carbocycles. The van der Waals surface area contributed by atoms with Crippen LogP contribution in [0, 0.1) is 5.95 Å². The van der Waals surface area contributed by atoms with E-state index in [9.17, 15) is 14.0 Å². The van der Waals surface area contributed by atoms with Crippen LogP contribution in [0.4, 0.5) is 10.1 Å². The zero-order valence-electron chi connectivity index (χ0n) is 18.1. The van der Waals surface area contributed by atoms with Crippen molar-refractivity contribution in [1.29, 1.82) is 0 Å². The molecule has 2 aliphatic heterocycles. The monoisotopic (exact) mass is 441 g/mol. The molecule has 0 radical (unpaired) electrons. The van der Waals surface area contributed by atoms with Gasteiger partial charge in [-0.25, -0.2) is 4.98 Å². The molecule has 170 valence electrons. The number of carbonyl (C=O) groups excluding carboxylic acids is 1. The van der Waals surface area contributed by atoms with Crippen LogP contribution in [0.25, 0.3) is 0 Å². The summed E-state index contributed by atoms with van der Waals surface area (Å²) in [6.45, 7) is 2.66. The van der Waals surface area contributed by atoms with Gasteiger partial charge in [0.15, 0.2) is 0 Å². The SMILES string of the molecule is CNC(=O)c1cc(N2CCNCC2CC2Cc3[nH]c(=O)c(C4CC4)cc3CO2)cc(F)n1. The normalized spacial score (nSPS) is 23.0. The number of anilines is 1. The molecule has 4 heterocycles. The molecule has 9 heteroatoms. The Morgan fingerprint density at radius 1 is 1.34 bits per heavy atom. The maximum atomic E-state index is 14.2. The zero-order chi connectivity index (χ0) is 22.2. The lowest BCUT2D eigenvalue weighted by atomic mass is 9.96. The number of halogens is 1. The number of rotatable bonds is 5. The largest absolute Gasteiger partial charge is 0.373 e. The Kier molecular flexibility index (Phi) is 5.69. The van der Waals surface area contributed by atoms with Crippen LogP contribution in [0.5, 0.6) is 0 Å². The number of ether oxygens (including phenoxy) is 1. The maximum Gasteiger partial charge on any atom is 0.269 e. The summed E-state index contributed by atoms with van der Waals surface area (Å²) >= 11 is 0. The van der Waals surface area contributed by atoms with Gasteiger partial charge in [-0.15, -0.1) is 0 Å². The second kappa shape index (κ2) is 8.63. The van der Waals surface area contributed by atoms with Gasteiger partial charge < -0.3 is 25.3 Å². The van der Waals surface area contributed by atoms with Crippen LogP contribution >= 0.6 is 0 Å². The van der Waals surface area contributed by atoms with Gasteiger partial charge >= 0.3 is 0 Å². The van der Waals surface area contributed by atoms with Crippen molar-refractivity contribution in [2.45, 2.75) is 50.4 Å². The van der Waals surface area contributed by atoms with E-state index in [1.54, 1.807) is 6.07 Å². The standard InChI is InChI=1S/C23H28FN5O3/c1-25-23(31)20-8-15(9-21(24)27-20)29-5-4-26-11-16(29)7-17-10-19-14(12-32-17)6-18(13-2-3-13)22(30)28-19/h6,8-9,13,16-17,26H,2-5,7,10-12H2,1H3,(H,25,31)(H,28,30). The third-order valence-electron chi connectivity index (χ3n) is 6.62. The molecule has 5 rings (SSSR count). The Balaban J connectivity index is 1.33. The summed E-state index contributed by atoms with van der Waals surface area (Å²) < 4.78 is 20.3. The molecule has 0 aromatic carbocycles. The fraction of sp³-hybridized carbons (Fsp3) is 0.522. The highest BCUT2D eigenvalue weighted by Crippen LogP contribution is 2.39. The minimum absolute atomic E-state index is 0.0295. The lowest BCUT2D eigenvalue weighted by molar-refractivity contribution is 0.0166. The van der Waals surface area contributed by atoms with Gasteiger partial charge in [0, 0.05) is 62.2 Å². The summed E-state index contributed by atoms with van der Waals surface area (Å²) in [5, 5.41) is 5.89. The number of hydrogen-bond donors (Lipinski definition) is 3. The third-order valence-corrected chi connectivity index (χ3v) is 6.62. The molecule has 1 saturated heterocycles. The molecule has 0 spiro atoms. The van der Waals surface area contributed by atoms with Crippen LogP contribution in [0.1, 0.15) is 52.5 Å². The van der Waals surface area contributed by atoms with E-state index in [0.717, 1.165) is 49.2 Å². The first-order chi connectivity index (χ1) is 15.5. The molecular formula is C23H28FN5O3. The summed E-state index contributed by atoms with van der Waals surface area (Å²) in [6.07, 6.45) is 3.49. The molecule has 2 aromatic rings. The van der Waals surface area contributed by atoms with Gasteiger partial charge in [-0.2, -0.15) is 4.39 Å². The second-order valence-corrected chi connectivity index (χ2v) is 8.87. The Labute approximate surface area is 185 Å². The molecule has 32 heavy (non-hydrogen) atoms. The fourth-order valence-corrected chi connectivity index (χ4v) is 4.79. The average molecular weight is 442 g/mol. The third kappa shape index (κ3) is 4.27. The van der Waals surface area contributed by atoms with Crippen LogP contribution in [0.2, 0.25) is 0 Å². The van der Waals surface area contributed by atoms with Crippen LogP contribution in [-0.4, -0.2) is 54.7 Å². The number of nitrogens with one attached hydrogen (secondary N) is 3. The molecule has 0 bridgehead atoms. The summed E-state index contributed by atoms with van der Waals surface area (Å²) in [7, 11) is 1.50. The quantitative estimate of drug-likeness (QED) is 0.608. The van der Waals surface area contributed by atoms with Crippen molar-refractivity contribution in [3.05, 3.63) is 57.0 Å². The van der Waals surface area contributed by atoms with E-state index in [0.29, 0.717) is 31.2 Å². The van der Waals surface area contributed by atoms with Gasteiger partial charge in [0.1, 0.15) is 5.69 Å².